The van der Waals surface area contributed by atoms with E-state index in [1.54, 1.807) is 7.11 Å². The van der Waals surface area contributed by atoms with Gasteiger partial charge in [0.25, 0.3) is 0 Å². The Bertz CT molecular complexity index is 788. The largest absolute Gasteiger partial charge is 0.497 e. The van der Waals surface area contributed by atoms with Gasteiger partial charge in [-0.1, -0.05) is 30.7 Å². The van der Waals surface area contributed by atoms with Crippen LogP contribution in [0.4, 0.5) is 0 Å². The maximum atomic E-state index is 12.5. The molecule has 5 nitrogen and oxygen atoms in total. The fourth-order valence-electron chi connectivity index (χ4n) is 3.63. The molecule has 1 aliphatic carbocycles. The molecule has 0 aliphatic heterocycles. The predicted molar refractivity (Wildman–Crippen MR) is 97.3 cm³/mol. The van der Waals surface area contributed by atoms with Gasteiger partial charge >= 0.3 is 0 Å². The maximum absolute atomic E-state index is 12.5. The van der Waals surface area contributed by atoms with Crippen molar-refractivity contribution in [1.82, 2.24) is 5.32 Å². The summed E-state index contributed by atoms with van der Waals surface area (Å²) < 4.78 is 5.29. The molecule has 0 saturated heterocycles. The van der Waals surface area contributed by atoms with Gasteiger partial charge in [0.2, 0.25) is 11.8 Å². The first-order valence-electron chi connectivity index (χ1n) is 8.71. The van der Waals surface area contributed by atoms with Crippen LogP contribution in [0.3, 0.4) is 0 Å². The lowest BCUT2D eigenvalue weighted by molar-refractivity contribution is -0.125. The van der Waals surface area contributed by atoms with Gasteiger partial charge in [-0.05, 0) is 47.7 Å². The minimum absolute atomic E-state index is 0.0227. The monoisotopic (exact) mass is 340 g/mol. The molecule has 0 radical (unpaired) electrons. The average Bonchev–Trinajstić information content (AvgIpc) is 2.61. The van der Waals surface area contributed by atoms with Crippen LogP contribution >= 0.6 is 0 Å². The summed E-state index contributed by atoms with van der Waals surface area (Å²) in [4.78, 5) is 23.9. The van der Waals surface area contributed by atoms with Crippen LogP contribution in [-0.2, 0) is 16.0 Å². The lowest BCUT2D eigenvalue weighted by Crippen LogP contribution is -2.41. The van der Waals surface area contributed by atoms with Crippen LogP contribution in [0.2, 0.25) is 0 Å². The molecule has 3 N–H and O–H groups in total. The highest BCUT2D eigenvalue weighted by Gasteiger charge is 2.26. The highest BCUT2D eigenvalue weighted by atomic mass is 16.5. The van der Waals surface area contributed by atoms with Crippen molar-refractivity contribution in [2.75, 3.05) is 7.11 Å². The number of benzene rings is 2. The number of primary amides is 1. The maximum Gasteiger partial charge on any atom is 0.224 e. The van der Waals surface area contributed by atoms with Crippen molar-refractivity contribution < 1.29 is 14.3 Å². The average molecular weight is 340 g/mol. The highest BCUT2D eigenvalue weighted by Crippen LogP contribution is 2.26. The fraction of sp³-hybridized carbons (Fsp3) is 0.400. The summed E-state index contributed by atoms with van der Waals surface area (Å²) >= 11 is 0. The Hall–Kier alpha value is -2.56. The number of carbonyl (C=O) groups excluding carboxylic acids is 2. The standard InChI is InChI=1S/C20H24N2O3/c1-25-17-9-8-13-4-2-5-14(18(13)12-17)11-19(23)22-16-7-3-6-15(10-16)20(21)24/h2,4-5,8-9,12,15-16H,3,6-7,10-11H2,1H3,(H2,21,24)(H,22,23)/t15-,16+/m1/s1. The Morgan fingerprint density at radius 2 is 2.08 bits per heavy atom. The van der Waals surface area contributed by atoms with E-state index in [0.717, 1.165) is 41.3 Å². The van der Waals surface area contributed by atoms with E-state index in [4.69, 9.17) is 10.5 Å². The number of carbonyl (C=O) groups is 2. The molecule has 1 fully saturated rings. The SMILES string of the molecule is COc1ccc2cccc(CC(=O)N[C@H]3CCC[C@@H](C(N)=O)C3)c2c1. The number of hydrogen-bond acceptors (Lipinski definition) is 3. The second-order valence-electron chi connectivity index (χ2n) is 6.71. The molecule has 132 valence electrons. The normalized spacial score (nSPS) is 20.2. The minimum Gasteiger partial charge on any atom is -0.497 e. The van der Waals surface area contributed by atoms with Crippen LogP contribution < -0.4 is 15.8 Å². The van der Waals surface area contributed by atoms with E-state index in [0.29, 0.717) is 12.8 Å². The van der Waals surface area contributed by atoms with E-state index in [1.165, 1.54) is 0 Å². The second kappa shape index (κ2) is 7.55. The Labute approximate surface area is 147 Å². The lowest BCUT2D eigenvalue weighted by atomic mass is 9.85. The summed E-state index contributed by atoms with van der Waals surface area (Å²) in [7, 11) is 1.63. The molecule has 0 aromatic heterocycles. The van der Waals surface area contributed by atoms with Gasteiger partial charge in [-0.15, -0.1) is 0 Å². The molecule has 0 spiro atoms. The molecule has 25 heavy (non-hydrogen) atoms. The van der Waals surface area contributed by atoms with Gasteiger partial charge in [-0.25, -0.2) is 0 Å². The zero-order valence-electron chi connectivity index (χ0n) is 14.5. The van der Waals surface area contributed by atoms with Gasteiger partial charge in [0, 0.05) is 12.0 Å². The Kier molecular flexibility index (Phi) is 5.22. The zero-order chi connectivity index (χ0) is 17.8. The molecule has 0 unspecified atom stereocenters. The summed E-state index contributed by atoms with van der Waals surface area (Å²) in [6.45, 7) is 0. The van der Waals surface area contributed by atoms with Gasteiger partial charge in [-0.3, -0.25) is 9.59 Å². The molecule has 2 aromatic rings. The molecule has 1 saturated carbocycles. The first kappa shape index (κ1) is 17.3. The number of fused-ring (bicyclic) bond motifs is 1. The number of hydrogen-bond donors (Lipinski definition) is 2. The molecule has 2 aromatic carbocycles. The number of methoxy groups -OCH3 is 1. The zero-order valence-corrected chi connectivity index (χ0v) is 14.5. The predicted octanol–water partition coefficient (Wildman–Crippen LogP) is 2.55. The third-order valence-corrected chi connectivity index (χ3v) is 4.97. The van der Waals surface area contributed by atoms with E-state index in [-0.39, 0.29) is 23.8 Å². The molecular formula is C20H24N2O3. The van der Waals surface area contributed by atoms with Gasteiger partial charge < -0.3 is 15.8 Å². The van der Waals surface area contributed by atoms with Crippen molar-refractivity contribution in [3.8, 4) is 5.75 Å². The molecule has 2 atom stereocenters. The number of rotatable bonds is 5. The molecular weight excluding hydrogens is 316 g/mol. The molecule has 1 aliphatic rings. The number of ether oxygens (including phenoxy) is 1. The quantitative estimate of drug-likeness (QED) is 0.877. The van der Waals surface area contributed by atoms with Crippen LogP contribution in [0.15, 0.2) is 36.4 Å². The van der Waals surface area contributed by atoms with Crippen LogP contribution in [-0.4, -0.2) is 25.0 Å². The lowest BCUT2D eigenvalue weighted by Gasteiger charge is -2.28. The topological polar surface area (TPSA) is 81.4 Å². The van der Waals surface area contributed by atoms with Gasteiger partial charge in [0.05, 0.1) is 13.5 Å². The Morgan fingerprint density at radius 1 is 1.24 bits per heavy atom. The van der Waals surface area contributed by atoms with Crippen LogP contribution in [0.25, 0.3) is 10.8 Å². The van der Waals surface area contributed by atoms with Gasteiger partial charge in [-0.2, -0.15) is 0 Å². The van der Waals surface area contributed by atoms with Crippen LogP contribution in [0.5, 0.6) is 5.75 Å². The van der Waals surface area contributed by atoms with E-state index in [2.05, 4.69) is 5.32 Å². The smallest absolute Gasteiger partial charge is 0.224 e. The number of nitrogens with one attached hydrogen (secondary N) is 1. The van der Waals surface area contributed by atoms with Crippen LogP contribution in [0.1, 0.15) is 31.2 Å². The molecule has 0 bridgehead atoms. The second-order valence-corrected chi connectivity index (χ2v) is 6.71. The van der Waals surface area contributed by atoms with Crippen molar-refractivity contribution >= 4 is 22.6 Å². The minimum atomic E-state index is -0.264. The fourth-order valence-corrected chi connectivity index (χ4v) is 3.63. The van der Waals surface area contributed by atoms with Gasteiger partial charge in [0.1, 0.15) is 5.75 Å². The van der Waals surface area contributed by atoms with Crippen molar-refractivity contribution in [2.45, 2.75) is 38.1 Å². The number of amides is 2. The first-order valence-corrected chi connectivity index (χ1v) is 8.71. The summed E-state index contributed by atoms with van der Waals surface area (Å²) in [6.07, 6.45) is 3.60. The van der Waals surface area contributed by atoms with Crippen LogP contribution in [0, 0.1) is 5.92 Å². The van der Waals surface area contributed by atoms with Crippen molar-refractivity contribution in [2.24, 2.45) is 11.7 Å². The van der Waals surface area contributed by atoms with E-state index in [9.17, 15) is 9.59 Å². The van der Waals surface area contributed by atoms with Crippen molar-refractivity contribution in [3.63, 3.8) is 0 Å². The van der Waals surface area contributed by atoms with Crippen molar-refractivity contribution in [3.05, 3.63) is 42.0 Å². The summed E-state index contributed by atoms with van der Waals surface area (Å²) in [5, 5.41) is 5.17. The Morgan fingerprint density at radius 3 is 2.84 bits per heavy atom. The van der Waals surface area contributed by atoms with E-state index >= 15 is 0 Å². The summed E-state index contributed by atoms with van der Waals surface area (Å²) in [6, 6.07) is 11.8. The first-order chi connectivity index (χ1) is 12.1. The summed E-state index contributed by atoms with van der Waals surface area (Å²) in [5.74, 6) is 0.364. The molecule has 5 heteroatoms. The third-order valence-electron chi connectivity index (χ3n) is 4.97. The van der Waals surface area contributed by atoms with Gasteiger partial charge in [0.15, 0.2) is 0 Å². The molecule has 0 heterocycles. The third kappa shape index (κ3) is 4.10. The Balaban J connectivity index is 1.70. The van der Waals surface area contributed by atoms with Crippen molar-refractivity contribution in [1.29, 1.82) is 0 Å². The van der Waals surface area contributed by atoms with E-state index < -0.39 is 0 Å². The summed E-state index contributed by atoms with van der Waals surface area (Å²) in [5.41, 5.74) is 6.38. The number of nitrogens with two attached hydrogens (primary N) is 1. The molecule has 2 amide bonds. The highest BCUT2D eigenvalue weighted by molar-refractivity contribution is 5.91. The van der Waals surface area contributed by atoms with E-state index in [1.807, 2.05) is 36.4 Å². The molecule has 3 rings (SSSR count).